The number of aliphatic hydroxyl groups is 1. The van der Waals surface area contributed by atoms with Gasteiger partial charge in [-0.2, -0.15) is 0 Å². The summed E-state index contributed by atoms with van der Waals surface area (Å²) in [6.07, 6.45) is 16.0. The molecule has 0 spiro atoms. The van der Waals surface area contributed by atoms with Crippen LogP contribution >= 0.6 is 0 Å². The van der Waals surface area contributed by atoms with Gasteiger partial charge in [-0.15, -0.1) is 0 Å². The molecule has 4 fully saturated rings. The van der Waals surface area contributed by atoms with Gasteiger partial charge in [0.05, 0.1) is 12.4 Å². The Kier molecular flexibility index (Phi) is 7.65. The molecular weight excluding hydrogens is 484 g/mol. The van der Waals surface area contributed by atoms with E-state index in [1.54, 1.807) is 5.57 Å². The van der Waals surface area contributed by atoms with Crippen molar-refractivity contribution in [3.8, 4) is 0 Å². The molecule has 4 aliphatic carbocycles. The summed E-state index contributed by atoms with van der Waals surface area (Å²) in [5, 5.41) is 10.3. The second-order valence-electron chi connectivity index (χ2n) is 13.9. The number of fused-ring (bicyclic) bond motifs is 5. The molecule has 7 heteroatoms. The van der Waals surface area contributed by atoms with Gasteiger partial charge in [0.1, 0.15) is 0 Å². The van der Waals surface area contributed by atoms with Crippen molar-refractivity contribution in [2.45, 2.75) is 110 Å². The molecule has 0 aromatic heterocycles. The van der Waals surface area contributed by atoms with Gasteiger partial charge in [-0.25, -0.2) is 13.1 Å². The quantitative estimate of drug-likeness (QED) is 0.476. The molecule has 1 saturated heterocycles. The van der Waals surface area contributed by atoms with Gasteiger partial charge >= 0.3 is 0 Å². The molecule has 0 radical (unpaired) electrons. The molecule has 1 heterocycles. The fraction of sp³-hybridized carbons (Fsp3) is 0.900. The molecule has 210 valence electrons. The average molecular weight is 535 g/mol. The minimum Gasteiger partial charge on any atom is -0.393 e. The summed E-state index contributed by atoms with van der Waals surface area (Å²) in [6.45, 7) is 8.78. The third kappa shape index (κ3) is 5.30. The Morgan fingerprint density at radius 3 is 2.54 bits per heavy atom. The van der Waals surface area contributed by atoms with E-state index in [4.69, 9.17) is 0 Å². The van der Waals surface area contributed by atoms with Crippen LogP contribution in [0.5, 0.6) is 0 Å². The van der Waals surface area contributed by atoms with Crippen LogP contribution in [-0.4, -0.2) is 55.8 Å². The van der Waals surface area contributed by atoms with Crippen molar-refractivity contribution >= 4 is 15.9 Å². The van der Waals surface area contributed by atoms with E-state index in [2.05, 4.69) is 31.6 Å². The molecule has 6 nitrogen and oxygen atoms in total. The van der Waals surface area contributed by atoms with Crippen LogP contribution in [0.2, 0.25) is 0 Å². The van der Waals surface area contributed by atoms with Crippen molar-refractivity contribution in [3.63, 3.8) is 0 Å². The fourth-order valence-corrected chi connectivity index (χ4v) is 10.7. The number of hydrogen-bond donors (Lipinski definition) is 2. The highest BCUT2D eigenvalue weighted by Crippen LogP contribution is 2.67. The standard InChI is InChI=1S/C30H50N2O4S/c1-20(5-10-28(34)32-17-13-22(14-18-32)31-37(4,35)36)25-8-9-26-24-7-6-21-19-23(33)11-15-29(21,2)27(24)12-16-30(25,26)3/h6,20,22-27,31,33H,5,7-19H2,1-4H3/t20?,23-,24-,25+,26-,27-,29-,30+/m0/s1. The Balaban J connectivity index is 1.16. The predicted molar refractivity (Wildman–Crippen MR) is 147 cm³/mol. The zero-order valence-corrected chi connectivity index (χ0v) is 24.4. The molecule has 3 saturated carbocycles. The fourth-order valence-electron chi connectivity index (χ4n) is 9.88. The van der Waals surface area contributed by atoms with Crippen LogP contribution in [-0.2, 0) is 14.8 Å². The van der Waals surface area contributed by atoms with Crippen LogP contribution in [0, 0.1) is 40.4 Å². The van der Waals surface area contributed by atoms with Gasteiger partial charge in [0.2, 0.25) is 15.9 Å². The Labute approximate surface area is 225 Å². The zero-order valence-electron chi connectivity index (χ0n) is 23.5. The summed E-state index contributed by atoms with van der Waals surface area (Å²) in [4.78, 5) is 15.0. The van der Waals surface area contributed by atoms with Crippen LogP contribution in [0.3, 0.4) is 0 Å². The van der Waals surface area contributed by atoms with E-state index in [9.17, 15) is 18.3 Å². The summed E-state index contributed by atoms with van der Waals surface area (Å²) >= 11 is 0. The molecule has 5 aliphatic rings. The van der Waals surface area contributed by atoms with E-state index in [1.807, 2.05) is 4.90 Å². The summed E-state index contributed by atoms with van der Waals surface area (Å²) in [5.74, 6) is 3.83. The van der Waals surface area contributed by atoms with Crippen LogP contribution in [0.25, 0.3) is 0 Å². The highest BCUT2D eigenvalue weighted by atomic mass is 32.2. The Bertz CT molecular complexity index is 1000. The zero-order chi connectivity index (χ0) is 26.6. The molecule has 1 amide bonds. The highest BCUT2D eigenvalue weighted by Gasteiger charge is 2.59. The average Bonchev–Trinajstić information content (AvgIpc) is 3.19. The van der Waals surface area contributed by atoms with Crippen molar-refractivity contribution in [1.82, 2.24) is 9.62 Å². The van der Waals surface area contributed by atoms with Crippen molar-refractivity contribution < 1.29 is 18.3 Å². The number of sulfonamides is 1. The van der Waals surface area contributed by atoms with Crippen molar-refractivity contribution in [2.24, 2.45) is 40.4 Å². The molecule has 37 heavy (non-hydrogen) atoms. The number of rotatable bonds is 6. The van der Waals surface area contributed by atoms with E-state index < -0.39 is 10.0 Å². The van der Waals surface area contributed by atoms with Gasteiger partial charge in [0.25, 0.3) is 0 Å². The number of likely N-dealkylation sites (tertiary alicyclic amines) is 1. The van der Waals surface area contributed by atoms with Crippen molar-refractivity contribution in [2.75, 3.05) is 19.3 Å². The molecule has 1 unspecified atom stereocenters. The van der Waals surface area contributed by atoms with E-state index in [1.165, 1.54) is 38.4 Å². The summed E-state index contributed by atoms with van der Waals surface area (Å²) < 4.78 is 25.7. The van der Waals surface area contributed by atoms with Gasteiger partial charge < -0.3 is 10.0 Å². The number of aliphatic hydroxyl groups excluding tert-OH is 1. The largest absolute Gasteiger partial charge is 0.393 e. The maximum absolute atomic E-state index is 13.0. The number of piperidine rings is 1. The molecule has 2 N–H and O–H groups in total. The topological polar surface area (TPSA) is 86.7 Å². The van der Waals surface area contributed by atoms with Crippen LogP contribution in [0.15, 0.2) is 11.6 Å². The lowest BCUT2D eigenvalue weighted by atomic mass is 9.47. The minimum atomic E-state index is -3.19. The van der Waals surface area contributed by atoms with E-state index in [0.29, 0.717) is 55.0 Å². The first-order valence-corrected chi connectivity index (χ1v) is 16.9. The maximum Gasteiger partial charge on any atom is 0.222 e. The Hall–Kier alpha value is -0.920. The van der Waals surface area contributed by atoms with E-state index in [-0.39, 0.29) is 18.1 Å². The number of amides is 1. The number of carbonyl (C=O) groups is 1. The highest BCUT2D eigenvalue weighted by molar-refractivity contribution is 7.88. The lowest BCUT2D eigenvalue weighted by Crippen LogP contribution is -2.50. The number of carbonyl (C=O) groups excluding carboxylic acids is 1. The van der Waals surface area contributed by atoms with Gasteiger partial charge in [-0.1, -0.05) is 32.4 Å². The number of nitrogens with one attached hydrogen (secondary N) is 1. The minimum absolute atomic E-state index is 0.0462. The van der Waals surface area contributed by atoms with Gasteiger partial charge in [-0.05, 0) is 111 Å². The molecule has 8 atom stereocenters. The lowest BCUT2D eigenvalue weighted by Gasteiger charge is -2.58. The van der Waals surface area contributed by atoms with Crippen LogP contribution in [0.4, 0.5) is 0 Å². The lowest BCUT2D eigenvalue weighted by molar-refractivity contribution is -0.132. The third-order valence-corrected chi connectivity index (χ3v) is 12.6. The van der Waals surface area contributed by atoms with Crippen molar-refractivity contribution in [3.05, 3.63) is 11.6 Å². The van der Waals surface area contributed by atoms with E-state index in [0.717, 1.165) is 43.4 Å². The Morgan fingerprint density at radius 2 is 1.84 bits per heavy atom. The van der Waals surface area contributed by atoms with Gasteiger partial charge in [0, 0.05) is 25.6 Å². The summed E-state index contributed by atoms with van der Waals surface area (Å²) in [7, 11) is -3.19. The predicted octanol–water partition coefficient (Wildman–Crippen LogP) is 4.88. The molecular formula is C30H50N2O4S. The first kappa shape index (κ1) is 27.6. The number of nitrogens with zero attached hydrogens (tertiary/aromatic N) is 1. The Morgan fingerprint density at radius 1 is 1.11 bits per heavy atom. The monoisotopic (exact) mass is 534 g/mol. The second-order valence-corrected chi connectivity index (χ2v) is 15.7. The van der Waals surface area contributed by atoms with Crippen molar-refractivity contribution in [1.29, 1.82) is 0 Å². The molecule has 1 aliphatic heterocycles. The normalized spacial score (nSPS) is 41.4. The molecule has 0 aromatic rings. The second kappa shape index (κ2) is 10.2. The summed E-state index contributed by atoms with van der Waals surface area (Å²) in [6, 6.07) is -0.0462. The van der Waals surface area contributed by atoms with Crippen LogP contribution in [0.1, 0.15) is 97.8 Å². The first-order chi connectivity index (χ1) is 17.4. The third-order valence-electron chi connectivity index (χ3n) is 11.9. The number of allylic oxidation sites excluding steroid dienone is 1. The summed E-state index contributed by atoms with van der Waals surface area (Å²) in [5.41, 5.74) is 2.23. The number of hydrogen-bond acceptors (Lipinski definition) is 4. The van der Waals surface area contributed by atoms with Gasteiger partial charge in [0.15, 0.2) is 0 Å². The van der Waals surface area contributed by atoms with Gasteiger partial charge in [-0.3, -0.25) is 4.79 Å². The maximum atomic E-state index is 13.0. The first-order valence-electron chi connectivity index (χ1n) is 15.0. The SMILES string of the molecule is CC(CCC(=O)N1CCC(NS(C)(=O)=O)CC1)[C@H]1CC[C@H]2[C@@H]3CC=C4C[C@@H](O)CC[C@]4(C)[C@H]3CC[C@]12C. The molecule has 5 rings (SSSR count). The molecule has 0 aromatic carbocycles. The van der Waals surface area contributed by atoms with E-state index >= 15 is 0 Å². The van der Waals surface area contributed by atoms with Crippen LogP contribution < -0.4 is 4.72 Å². The smallest absolute Gasteiger partial charge is 0.222 e. The molecule has 0 bridgehead atoms.